The topological polar surface area (TPSA) is 47.3 Å². The van der Waals surface area contributed by atoms with E-state index in [9.17, 15) is 4.79 Å². The molecule has 0 N–H and O–H groups in total. The molecule has 0 aliphatic carbocycles. The molecule has 14 heavy (non-hydrogen) atoms. The Morgan fingerprint density at radius 3 is 3.29 bits per heavy atom. The molecular weight excluding hydrogens is 218 g/mol. The van der Waals surface area contributed by atoms with E-state index in [1.165, 1.54) is 23.1 Å². The Morgan fingerprint density at radius 2 is 2.57 bits per heavy atom. The quantitative estimate of drug-likeness (QED) is 0.799. The third-order valence-corrected chi connectivity index (χ3v) is 3.20. The van der Waals surface area contributed by atoms with Crippen molar-refractivity contribution in [3.05, 3.63) is 17.4 Å². The number of thioether (sulfide) groups is 1. The lowest BCUT2D eigenvalue weighted by Crippen LogP contribution is -1.91. The maximum absolute atomic E-state index is 10.7. The Hall–Kier alpha value is -0.880. The normalized spacial score (nSPS) is 10.9. The molecule has 2 rings (SSSR count). The first-order chi connectivity index (χ1) is 6.75. The SMILES string of the molecule is CC(=O)SCCc1cn2ncsc2n1. The predicted octanol–water partition coefficient (Wildman–Crippen LogP) is 1.61. The van der Waals surface area contributed by atoms with Gasteiger partial charge in [0.2, 0.25) is 4.96 Å². The maximum Gasteiger partial charge on any atom is 0.212 e. The number of fused-ring (bicyclic) bond motifs is 1. The molecule has 6 heteroatoms. The first-order valence-corrected chi connectivity index (χ1v) is 6.03. The molecule has 0 saturated carbocycles. The van der Waals surface area contributed by atoms with Crippen LogP contribution in [-0.4, -0.2) is 25.5 Å². The van der Waals surface area contributed by atoms with Gasteiger partial charge in [-0.2, -0.15) is 5.10 Å². The van der Waals surface area contributed by atoms with Crippen LogP contribution in [0.2, 0.25) is 0 Å². The third kappa shape index (κ3) is 2.13. The maximum atomic E-state index is 10.7. The Kier molecular flexibility index (Phi) is 2.83. The van der Waals surface area contributed by atoms with Crippen molar-refractivity contribution >= 4 is 33.2 Å². The second kappa shape index (κ2) is 4.10. The van der Waals surface area contributed by atoms with Gasteiger partial charge >= 0.3 is 0 Å². The van der Waals surface area contributed by atoms with Crippen LogP contribution in [0.1, 0.15) is 12.6 Å². The van der Waals surface area contributed by atoms with Gasteiger partial charge in [0.05, 0.1) is 11.9 Å². The molecule has 2 aromatic rings. The highest BCUT2D eigenvalue weighted by Gasteiger charge is 2.03. The Labute approximate surface area is 89.3 Å². The number of hydrogen-bond acceptors (Lipinski definition) is 5. The number of rotatable bonds is 3. The molecular formula is C8H9N3OS2. The van der Waals surface area contributed by atoms with Crippen LogP contribution in [0.15, 0.2) is 11.7 Å². The lowest BCUT2D eigenvalue weighted by molar-refractivity contribution is -0.109. The number of aromatic nitrogens is 3. The van der Waals surface area contributed by atoms with Crippen molar-refractivity contribution in [3.63, 3.8) is 0 Å². The molecule has 0 aliphatic rings. The molecule has 0 atom stereocenters. The van der Waals surface area contributed by atoms with E-state index >= 15 is 0 Å². The van der Waals surface area contributed by atoms with Crippen LogP contribution < -0.4 is 0 Å². The van der Waals surface area contributed by atoms with Crippen LogP contribution in [0, 0.1) is 0 Å². The summed E-state index contributed by atoms with van der Waals surface area (Å²) in [4.78, 5) is 16.0. The smallest absolute Gasteiger partial charge is 0.212 e. The summed E-state index contributed by atoms with van der Waals surface area (Å²) in [6, 6.07) is 0. The van der Waals surface area contributed by atoms with E-state index < -0.39 is 0 Å². The number of aryl methyl sites for hydroxylation is 1. The number of carbonyl (C=O) groups excluding carboxylic acids is 1. The van der Waals surface area contributed by atoms with Crippen LogP contribution in [-0.2, 0) is 11.2 Å². The highest BCUT2D eigenvalue weighted by molar-refractivity contribution is 8.13. The van der Waals surface area contributed by atoms with E-state index in [4.69, 9.17) is 0 Å². The van der Waals surface area contributed by atoms with Gasteiger partial charge in [0, 0.05) is 19.1 Å². The summed E-state index contributed by atoms with van der Waals surface area (Å²) in [5.74, 6) is 0.792. The van der Waals surface area contributed by atoms with Crippen LogP contribution >= 0.6 is 23.1 Å². The molecule has 0 amide bonds. The molecule has 0 radical (unpaired) electrons. The van der Waals surface area contributed by atoms with Gasteiger partial charge < -0.3 is 0 Å². The van der Waals surface area contributed by atoms with Crippen LogP contribution in [0.4, 0.5) is 0 Å². The van der Waals surface area contributed by atoms with Gasteiger partial charge in [-0.25, -0.2) is 9.50 Å². The fourth-order valence-electron chi connectivity index (χ4n) is 1.10. The molecule has 0 aliphatic heterocycles. The van der Waals surface area contributed by atoms with Crippen molar-refractivity contribution in [1.29, 1.82) is 0 Å². The monoisotopic (exact) mass is 227 g/mol. The fraction of sp³-hybridized carbons (Fsp3) is 0.375. The van der Waals surface area contributed by atoms with Gasteiger partial charge in [-0.05, 0) is 0 Å². The van der Waals surface area contributed by atoms with Gasteiger partial charge in [-0.3, -0.25) is 4.79 Å². The van der Waals surface area contributed by atoms with E-state index in [0.29, 0.717) is 0 Å². The number of nitrogens with zero attached hydrogens (tertiary/aromatic N) is 3. The van der Waals surface area contributed by atoms with E-state index in [1.807, 2.05) is 6.20 Å². The molecule has 2 heterocycles. The third-order valence-electron chi connectivity index (χ3n) is 1.70. The van der Waals surface area contributed by atoms with Crippen molar-refractivity contribution < 1.29 is 4.79 Å². The average Bonchev–Trinajstić information content (AvgIpc) is 2.62. The largest absolute Gasteiger partial charge is 0.288 e. The first-order valence-electron chi connectivity index (χ1n) is 4.17. The van der Waals surface area contributed by atoms with Crippen molar-refractivity contribution in [2.24, 2.45) is 0 Å². The number of imidazole rings is 1. The molecule has 0 spiro atoms. The van der Waals surface area contributed by atoms with Gasteiger partial charge in [0.1, 0.15) is 5.51 Å². The molecule has 0 saturated heterocycles. The lowest BCUT2D eigenvalue weighted by atomic mass is 10.4. The average molecular weight is 227 g/mol. The van der Waals surface area contributed by atoms with Crippen LogP contribution in [0.25, 0.3) is 4.96 Å². The molecule has 0 unspecified atom stereocenters. The molecule has 2 aromatic heterocycles. The minimum Gasteiger partial charge on any atom is -0.288 e. The van der Waals surface area contributed by atoms with Gasteiger partial charge in [0.25, 0.3) is 0 Å². The summed E-state index contributed by atoms with van der Waals surface area (Å²) in [6.07, 6.45) is 2.73. The van der Waals surface area contributed by atoms with Crippen molar-refractivity contribution in [2.45, 2.75) is 13.3 Å². The zero-order valence-electron chi connectivity index (χ0n) is 7.64. The summed E-state index contributed by atoms with van der Waals surface area (Å²) in [7, 11) is 0. The highest BCUT2D eigenvalue weighted by atomic mass is 32.2. The molecule has 0 bridgehead atoms. The second-order valence-electron chi connectivity index (χ2n) is 2.79. The van der Waals surface area contributed by atoms with Crippen LogP contribution in [0.5, 0.6) is 0 Å². The van der Waals surface area contributed by atoms with E-state index in [-0.39, 0.29) is 5.12 Å². The number of carbonyl (C=O) groups is 1. The Bertz CT molecular complexity index is 420. The van der Waals surface area contributed by atoms with Crippen molar-refractivity contribution in [3.8, 4) is 0 Å². The lowest BCUT2D eigenvalue weighted by Gasteiger charge is -1.92. The molecule has 74 valence electrons. The summed E-state index contributed by atoms with van der Waals surface area (Å²) in [5.41, 5.74) is 2.76. The zero-order chi connectivity index (χ0) is 9.97. The van der Waals surface area contributed by atoms with Gasteiger partial charge in [0.15, 0.2) is 5.12 Å². The standard InChI is InChI=1S/C8H9N3OS2/c1-6(12)13-3-2-7-4-11-8(10-7)14-5-9-11/h4-5H,2-3H2,1H3. The van der Waals surface area contributed by atoms with E-state index in [1.54, 1.807) is 16.9 Å². The molecule has 0 aromatic carbocycles. The minimum atomic E-state index is 0.157. The second-order valence-corrected chi connectivity index (χ2v) is 4.87. The molecule has 4 nitrogen and oxygen atoms in total. The van der Waals surface area contributed by atoms with E-state index in [2.05, 4.69) is 10.1 Å². The first kappa shape index (κ1) is 9.67. The summed E-state index contributed by atoms with van der Waals surface area (Å²) < 4.78 is 1.76. The van der Waals surface area contributed by atoms with Crippen LogP contribution in [0.3, 0.4) is 0 Å². The minimum absolute atomic E-state index is 0.157. The Balaban J connectivity index is 1.98. The highest BCUT2D eigenvalue weighted by Crippen LogP contribution is 2.11. The van der Waals surface area contributed by atoms with Gasteiger partial charge in [-0.15, -0.1) is 0 Å². The van der Waals surface area contributed by atoms with Gasteiger partial charge in [-0.1, -0.05) is 23.1 Å². The van der Waals surface area contributed by atoms with E-state index in [0.717, 1.165) is 22.8 Å². The Morgan fingerprint density at radius 1 is 1.71 bits per heavy atom. The predicted molar refractivity (Wildman–Crippen MR) is 57.7 cm³/mol. The zero-order valence-corrected chi connectivity index (χ0v) is 9.27. The van der Waals surface area contributed by atoms with Crippen molar-refractivity contribution in [2.75, 3.05) is 5.75 Å². The summed E-state index contributed by atoms with van der Waals surface area (Å²) in [5, 5.41) is 4.24. The fourth-order valence-corrected chi connectivity index (χ4v) is 2.32. The number of hydrogen-bond donors (Lipinski definition) is 0. The summed E-state index contributed by atoms with van der Waals surface area (Å²) in [6.45, 7) is 1.58. The molecule has 0 fully saturated rings. The summed E-state index contributed by atoms with van der Waals surface area (Å²) >= 11 is 2.85. The van der Waals surface area contributed by atoms with Crippen molar-refractivity contribution in [1.82, 2.24) is 14.6 Å².